The summed E-state index contributed by atoms with van der Waals surface area (Å²) in [4.78, 5) is 29.5. The van der Waals surface area contributed by atoms with Crippen LogP contribution in [0.2, 0.25) is 0 Å². The number of aromatic nitrogens is 2. The topological polar surface area (TPSA) is 142 Å². The van der Waals surface area contributed by atoms with Gasteiger partial charge in [-0.05, 0) is 48.2 Å². The summed E-state index contributed by atoms with van der Waals surface area (Å²) in [6.45, 7) is 0. The zero-order valence-corrected chi connectivity index (χ0v) is 20.0. The maximum Gasteiger partial charge on any atom is 0.309 e. The number of hydrogen-bond acceptors (Lipinski definition) is 8. The molecule has 0 aliphatic carbocycles. The molecule has 192 valence electrons. The van der Waals surface area contributed by atoms with Crippen LogP contribution in [0.3, 0.4) is 0 Å². The highest BCUT2D eigenvalue weighted by atomic mass is 32.2. The van der Waals surface area contributed by atoms with E-state index < -0.39 is 44.4 Å². The number of fused-ring (bicyclic) bond motifs is 1. The molecule has 0 unspecified atom stereocenters. The summed E-state index contributed by atoms with van der Waals surface area (Å²) < 4.78 is 56.9. The Bertz CT molecular complexity index is 1660. The van der Waals surface area contributed by atoms with Crippen LogP contribution < -0.4 is 15.5 Å². The van der Waals surface area contributed by atoms with E-state index in [0.717, 1.165) is 6.07 Å². The molecule has 3 N–H and O–H groups in total. The van der Waals surface area contributed by atoms with Crippen LogP contribution in [-0.2, 0) is 23.0 Å². The minimum absolute atomic E-state index is 0.0325. The quantitative estimate of drug-likeness (QED) is 0.191. The van der Waals surface area contributed by atoms with Crippen LogP contribution >= 0.6 is 0 Å². The van der Waals surface area contributed by atoms with E-state index in [4.69, 9.17) is 9.92 Å². The van der Waals surface area contributed by atoms with Gasteiger partial charge in [-0.25, -0.2) is 13.8 Å². The molecule has 4 aromatic rings. The molecule has 9 nitrogen and oxygen atoms in total. The molecule has 0 amide bonds. The average molecular weight is 530 g/mol. The number of nitrogen functional groups attached to an aromatic ring is 1. The van der Waals surface area contributed by atoms with Crippen molar-refractivity contribution < 1.29 is 31.4 Å². The van der Waals surface area contributed by atoms with Gasteiger partial charge in [0.2, 0.25) is 0 Å². The van der Waals surface area contributed by atoms with Crippen molar-refractivity contribution in [2.75, 3.05) is 11.5 Å². The predicted octanol–water partition coefficient (Wildman–Crippen LogP) is 3.26. The smallest absolute Gasteiger partial charge is 0.309 e. The lowest BCUT2D eigenvalue weighted by Crippen LogP contribution is -2.28. The molecule has 0 saturated heterocycles. The zero-order valence-electron chi connectivity index (χ0n) is 19.2. The van der Waals surface area contributed by atoms with Crippen molar-refractivity contribution >= 4 is 32.6 Å². The summed E-state index contributed by atoms with van der Waals surface area (Å²) in [6.07, 6.45) is 0.764. The van der Waals surface area contributed by atoms with Crippen molar-refractivity contribution in [3.8, 4) is 5.75 Å². The van der Waals surface area contributed by atoms with Gasteiger partial charge in [0, 0.05) is 24.1 Å². The van der Waals surface area contributed by atoms with Gasteiger partial charge in [0.05, 0.1) is 11.4 Å². The molecule has 2 aromatic carbocycles. The normalized spacial score (nSPS) is 11.5. The van der Waals surface area contributed by atoms with Crippen molar-refractivity contribution in [3.05, 3.63) is 99.5 Å². The molecule has 0 saturated carbocycles. The van der Waals surface area contributed by atoms with E-state index in [-0.39, 0.29) is 52.0 Å². The van der Waals surface area contributed by atoms with E-state index in [1.807, 2.05) is 0 Å². The van der Waals surface area contributed by atoms with Crippen molar-refractivity contribution in [2.45, 2.75) is 19.3 Å². The number of halogens is 2. The van der Waals surface area contributed by atoms with E-state index >= 15 is 0 Å². The maximum absolute atomic E-state index is 13.9. The highest BCUT2D eigenvalue weighted by molar-refractivity contribution is 7.87. The molecule has 4 rings (SSSR count). The number of ketones is 1. The standard InChI is InChI=1S/C25H21F2N3O6S/c26-17-8-6-16(20(27)13-17)7-9-21(31)22-23(28)19-12-15(14-29-24(19)30(33)25(22)32)10-11-37(34,35)36-18-4-2-1-3-5-18/h1-6,8,12-14,33H,7,9-11,28H2. The Labute approximate surface area is 209 Å². The number of para-hydroxylation sites is 1. The molecule has 0 spiro atoms. The fourth-order valence-electron chi connectivity index (χ4n) is 3.73. The van der Waals surface area contributed by atoms with Gasteiger partial charge in [-0.1, -0.05) is 24.3 Å². The molecule has 0 atom stereocenters. The van der Waals surface area contributed by atoms with E-state index in [0.29, 0.717) is 11.6 Å². The highest BCUT2D eigenvalue weighted by Gasteiger charge is 2.22. The Morgan fingerprint density at radius 2 is 1.81 bits per heavy atom. The monoisotopic (exact) mass is 529 g/mol. The summed E-state index contributed by atoms with van der Waals surface area (Å²) in [5.41, 5.74) is 4.47. The first-order valence-corrected chi connectivity index (χ1v) is 12.6. The van der Waals surface area contributed by atoms with Crippen molar-refractivity contribution in [3.63, 3.8) is 0 Å². The fraction of sp³-hybridized carbons (Fsp3) is 0.160. The van der Waals surface area contributed by atoms with E-state index in [1.54, 1.807) is 18.2 Å². The summed E-state index contributed by atoms with van der Waals surface area (Å²) in [5.74, 6) is -2.60. The molecule has 0 radical (unpaired) electrons. The number of anilines is 1. The van der Waals surface area contributed by atoms with Crippen LogP contribution in [0.15, 0.2) is 65.6 Å². The van der Waals surface area contributed by atoms with Gasteiger partial charge in [0.25, 0.3) is 5.56 Å². The molecule has 37 heavy (non-hydrogen) atoms. The Morgan fingerprint density at radius 1 is 1.08 bits per heavy atom. The lowest BCUT2D eigenvalue weighted by Gasteiger charge is -2.12. The van der Waals surface area contributed by atoms with Crippen molar-refractivity contribution in [1.29, 1.82) is 0 Å². The number of benzene rings is 2. The van der Waals surface area contributed by atoms with Gasteiger partial charge in [-0.2, -0.15) is 8.42 Å². The molecule has 0 aliphatic rings. The predicted molar refractivity (Wildman–Crippen MR) is 131 cm³/mol. The summed E-state index contributed by atoms with van der Waals surface area (Å²) in [7, 11) is -3.94. The third kappa shape index (κ3) is 5.75. The van der Waals surface area contributed by atoms with Crippen LogP contribution in [0.1, 0.15) is 27.9 Å². The number of nitrogens with zero attached hydrogens (tertiary/aromatic N) is 2. The number of rotatable bonds is 9. The summed E-state index contributed by atoms with van der Waals surface area (Å²) >= 11 is 0. The van der Waals surface area contributed by atoms with Gasteiger partial charge in [-0.15, -0.1) is 4.73 Å². The number of aryl methyl sites for hydroxylation is 2. The SMILES string of the molecule is Nc1c(C(=O)CCc2ccc(F)cc2F)c(=O)n(O)c2ncc(CCS(=O)(=O)Oc3ccccc3)cc12. The number of carbonyl (C=O) groups is 1. The van der Waals surface area contributed by atoms with Gasteiger partial charge >= 0.3 is 10.1 Å². The van der Waals surface area contributed by atoms with Gasteiger partial charge in [0.15, 0.2) is 11.4 Å². The van der Waals surface area contributed by atoms with Gasteiger partial charge in [-0.3, -0.25) is 9.59 Å². The second kappa shape index (κ2) is 10.3. The van der Waals surface area contributed by atoms with Crippen LogP contribution in [0.4, 0.5) is 14.5 Å². The van der Waals surface area contributed by atoms with Crippen molar-refractivity contribution in [2.24, 2.45) is 0 Å². The molecular weight excluding hydrogens is 508 g/mol. The first-order valence-electron chi connectivity index (χ1n) is 11.0. The number of Topliss-reactive ketones (excluding diaryl/α,β-unsaturated/α-hetero) is 1. The average Bonchev–Trinajstić information content (AvgIpc) is 2.86. The largest absolute Gasteiger partial charge is 0.423 e. The molecular formula is C25H21F2N3O6S. The second-order valence-corrected chi connectivity index (χ2v) is 9.88. The molecule has 0 fully saturated rings. The molecule has 0 bridgehead atoms. The van der Waals surface area contributed by atoms with Crippen LogP contribution in [0.5, 0.6) is 5.75 Å². The van der Waals surface area contributed by atoms with E-state index in [2.05, 4.69) is 4.98 Å². The second-order valence-electron chi connectivity index (χ2n) is 8.19. The third-order valence-electron chi connectivity index (χ3n) is 5.61. The molecule has 0 aliphatic heterocycles. The number of hydrogen-bond donors (Lipinski definition) is 2. The Morgan fingerprint density at radius 3 is 2.51 bits per heavy atom. The summed E-state index contributed by atoms with van der Waals surface area (Å²) in [5, 5.41) is 10.4. The molecule has 2 aromatic heterocycles. The molecule has 12 heteroatoms. The summed E-state index contributed by atoms with van der Waals surface area (Å²) in [6, 6.07) is 12.3. The first-order chi connectivity index (χ1) is 17.6. The minimum atomic E-state index is -3.94. The molecule has 2 heterocycles. The number of nitrogens with two attached hydrogens (primary N) is 1. The zero-order chi connectivity index (χ0) is 26.7. The lowest BCUT2D eigenvalue weighted by molar-refractivity contribution is 0.0976. The minimum Gasteiger partial charge on any atom is -0.423 e. The Balaban J connectivity index is 1.58. The van der Waals surface area contributed by atoms with Crippen molar-refractivity contribution in [1.82, 2.24) is 9.71 Å². The third-order valence-corrected chi connectivity index (χ3v) is 6.76. The first kappa shape index (κ1) is 25.8. The van der Waals surface area contributed by atoms with Crippen LogP contribution in [-0.4, -0.2) is 34.9 Å². The fourth-order valence-corrected chi connectivity index (χ4v) is 4.70. The van der Waals surface area contributed by atoms with E-state index in [1.165, 1.54) is 30.5 Å². The Hall–Kier alpha value is -4.32. The number of carbonyl (C=O) groups excluding carboxylic acids is 1. The van der Waals surface area contributed by atoms with Gasteiger partial charge < -0.3 is 15.1 Å². The Kier molecular flexibility index (Phi) is 7.21. The van der Waals surface area contributed by atoms with Crippen LogP contribution in [0, 0.1) is 11.6 Å². The number of pyridine rings is 2. The van der Waals surface area contributed by atoms with E-state index in [9.17, 15) is 32.0 Å². The lowest BCUT2D eigenvalue weighted by atomic mass is 10.0. The highest BCUT2D eigenvalue weighted by Crippen LogP contribution is 2.24. The van der Waals surface area contributed by atoms with Crippen LogP contribution in [0.25, 0.3) is 11.0 Å². The van der Waals surface area contributed by atoms with Gasteiger partial charge in [0.1, 0.15) is 22.9 Å². The maximum atomic E-state index is 13.9.